The molecule has 2 fully saturated rings. The second-order valence-corrected chi connectivity index (χ2v) is 6.08. The number of rotatable bonds is 3. The van der Waals surface area contributed by atoms with Crippen molar-refractivity contribution in [3.05, 3.63) is 11.1 Å². The second kappa shape index (κ2) is 4.76. The van der Waals surface area contributed by atoms with Crippen molar-refractivity contribution in [3.8, 4) is 0 Å². The third-order valence-corrected chi connectivity index (χ3v) is 4.42. The summed E-state index contributed by atoms with van der Waals surface area (Å²) in [4.78, 5) is 31.3. The third kappa shape index (κ3) is 2.27. The Hall–Kier alpha value is -2.03. The molecule has 2 atom stereocenters. The average molecular weight is 307 g/mol. The Morgan fingerprint density at radius 3 is 2.95 bits per heavy atom. The molecule has 0 aromatic carbocycles. The van der Waals surface area contributed by atoms with Gasteiger partial charge in [0.2, 0.25) is 0 Å². The Bertz CT molecular complexity index is 612. The van der Waals surface area contributed by atoms with Gasteiger partial charge in [-0.1, -0.05) is 9.64 Å². The summed E-state index contributed by atoms with van der Waals surface area (Å²) in [5, 5.41) is 12.2. The molecular weight excluding hydrogens is 294 g/mol. The second-order valence-electron chi connectivity index (χ2n) is 5.47. The molecule has 1 saturated heterocycles. The smallest absolute Gasteiger partial charge is 0.275 e. The molecule has 1 aromatic rings. The number of hydrogen-bond acceptors (Lipinski definition) is 7. The van der Waals surface area contributed by atoms with Crippen LogP contribution >= 0.6 is 11.5 Å². The number of hydrogen-bond donors (Lipinski definition) is 1. The Morgan fingerprint density at radius 2 is 2.24 bits per heavy atom. The van der Waals surface area contributed by atoms with Crippen molar-refractivity contribution < 1.29 is 14.4 Å². The molecule has 0 unspecified atom stereocenters. The molecule has 2 aliphatic heterocycles. The highest BCUT2D eigenvalue weighted by molar-refractivity contribution is 7.03. The van der Waals surface area contributed by atoms with Crippen LogP contribution in [0, 0.1) is 5.92 Å². The molecule has 110 valence electrons. The van der Waals surface area contributed by atoms with Crippen molar-refractivity contribution >= 4 is 29.1 Å². The summed E-state index contributed by atoms with van der Waals surface area (Å²) in [7, 11) is 0. The van der Waals surface area contributed by atoms with Gasteiger partial charge in [0.15, 0.2) is 17.5 Å². The van der Waals surface area contributed by atoms with Gasteiger partial charge in [-0.2, -0.15) is 0 Å². The summed E-state index contributed by atoms with van der Waals surface area (Å²) in [6.07, 6.45) is 1.81. The maximum atomic E-state index is 12.2. The van der Waals surface area contributed by atoms with Crippen LogP contribution in [0.4, 0.5) is 0 Å². The van der Waals surface area contributed by atoms with Gasteiger partial charge in [0.05, 0.1) is 12.5 Å². The van der Waals surface area contributed by atoms with E-state index >= 15 is 0 Å². The van der Waals surface area contributed by atoms with E-state index in [0.29, 0.717) is 24.5 Å². The zero-order valence-corrected chi connectivity index (χ0v) is 11.9. The van der Waals surface area contributed by atoms with Crippen molar-refractivity contribution in [3.63, 3.8) is 0 Å². The van der Waals surface area contributed by atoms with E-state index in [1.165, 1.54) is 0 Å². The van der Waals surface area contributed by atoms with Crippen LogP contribution in [0.3, 0.4) is 0 Å². The summed E-state index contributed by atoms with van der Waals surface area (Å²) in [5.41, 5.74) is 0.736. The quantitative estimate of drug-likeness (QED) is 0.823. The van der Waals surface area contributed by atoms with Gasteiger partial charge >= 0.3 is 0 Å². The van der Waals surface area contributed by atoms with Crippen LogP contribution in [0.15, 0.2) is 10.5 Å². The number of nitrogens with zero attached hydrogens (tertiary/aromatic N) is 4. The monoisotopic (exact) mass is 307 g/mol. The number of oxime groups is 1. The number of carbonyl (C=O) groups is 2. The van der Waals surface area contributed by atoms with E-state index in [4.69, 9.17) is 4.84 Å². The summed E-state index contributed by atoms with van der Waals surface area (Å²) in [6.45, 7) is 0.850. The predicted molar refractivity (Wildman–Crippen MR) is 72.8 cm³/mol. The van der Waals surface area contributed by atoms with Gasteiger partial charge < -0.3 is 15.1 Å². The lowest BCUT2D eigenvalue weighted by molar-refractivity contribution is -0.115. The number of aromatic nitrogens is 2. The van der Waals surface area contributed by atoms with Crippen molar-refractivity contribution in [2.24, 2.45) is 11.1 Å². The maximum Gasteiger partial charge on any atom is 0.275 e. The van der Waals surface area contributed by atoms with Gasteiger partial charge in [0, 0.05) is 18.0 Å². The first-order valence-corrected chi connectivity index (χ1v) is 7.67. The fourth-order valence-electron chi connectivity index (χ4n) is 2.62. The zero-order valence-electron chi connectivity index (χ0n) is 11.1. The standard InChI is InChI=1S/C12H13N5O3S/c18-11(13-6-1-2-6)10-7-3-17(4-9(7)20-15-10)12(19)8-5-21-16-14-8/h5-7,9H,1-4H2,(H,13,18)/t7-,9+/m0/s1. The fraction of sp³-hybridized carbons (Fsp3) is 0.583. The summed E-state index contributed by atoms with van der Waals surface area (Å²) in [6, 6.07) is 0.277. The molecule has 1 aromatic heterocycles. The Morgan fingerprint density at radius 1 is 1.38 bits per heavy atom. The van der Waals surface area contributed by atoms with Gasteiger partial charge in [0.1, 0.15) is 0 Å². The summed E-state index contributed by atoms with van der Waals surface area (Å²) >= 11 is 1.14. The number of nitrogens with one attached hydrogen (secondary N) is 1. The molecule has 2 amide bonds. The highest BCUT2D eigenvalue weighted by Gasteiger charge is 2.47. The molecular formula is C12H13N5O3S. The Balaban J connectivity index is 1.44. The third-order valence-electron chi connectivity index (χ3n) is 3.92. The van der Waals surface area contributed by atoms with Crippen LogP contribution < -0.4 is 5.32 Å². The van der Waals surface area contributed by atoms with Gasteiger partial charge in [-0.05, 0) is 24.4 Å². The molecule has 8 nitrogen and oxygen atoms in total. The van der Waals surface area contributed by atoms with Gasteiger partial charge in [-0.3, -0.25) is 9.59 Å². The average Bonchev–Trinajstić information content (AvgIpc) is 2.94. The minimum absolute atomic E-state index is 0.153. The fourth-order valence-corrected chi connectivity index (χ4v) is 3.05. The molecule has 0 bridgehead atoms. The molecule has 9 heteroatoms. The van der Waals surface area contributed by atoms with E-state index < -0.39 is 0 Å². The van der Waals surface area contributed by atoms with Gasteiger partial charge in [-0.15, -0.1) is 5.10 Å². The highest BCUT2D eigenvalue weighted by Crippen LogP contribution is 2.29. The van der Waals surface area contributed by atoms with Gasteiger partial charge in [0.25, 0.3) is 11.8 Å². The van der Waals surface area contributed by atoms with Crippen molar-refractivity contribution in [1.82, 2.24) is 19.8 Å². The van der Waals surface area contributed by atoms with Crippen molar-refractivity contribution in [2.45, 2.75) is 25.0 Å². The maximum absolute atomic E-state index is 12.2. The lowest BCUT2D eigenvalue weighted by atomic mass is 10.0. The number of fused-ring (bicyclic) bond motifs is 1. The first-order valence-electron chi connectivity index (χ1n) is 6.83. The lowest BCUT2D eigenvalue weighted by Crippen LogP contribution is -2.38. The first kappa shape index (κ1) is 12.7. The van der Waals surface area contributed by atoms with E-state index in [1.54, 1.807) is 10.3 Å². The largest absolute Gasteiger partial charge is 0.389 e. The molecule has 1 N–H and O–H groups in total. The lowest BCUT2D eigenvalue weighted by Gasteiger charge is -2.14. The summed E-state index contributed by atoms with van der Waals surface area (Å²) < 4.78 is 3.69. The van der Waals surface area contributed by atoms with Gasteiger partial charge in [-0.25, -0.2) is 0 Å². The molecule has 21 heavy (non-hydrogen) atoms. The molecule has 1 aliphatic carbocycles. The molecule has 0 radical (unpaired) electrons. The van der Waals surface area contributed by atoms with Crippen LogP contribution in [0.25, 0.3) is 0 Å². The van der Waals surface area contributed by atoms with E-state index in [-0.39, 0.29) is 29.9 Å². The topological polar surface area (TPSA) is 96.8 Å². The number of carbonyl (C=O) groups excluding carboxylic acids is 2. The Labute approximate surface area is 124 Å². The van der Waals surface area contributed by atoms with Crippen LogP contribution in [-0.4, -0.2) is 57.2 Å². The normalized spacial score (nSPS) is 27.0. The molecule has 3 heterocycles. The van der Waals surface area contributed by atoms with E-state index in [9.17, 15) is 9.59 Å². The van der Waals surface area contributed by atoms with Crippen LogP contribution in [0.5, 0.6) is 0 Å². The zero-order chi connectivity index (χ0) is 14.4. The SMILES string of the molecule is O=C(NC1CC1)C1=NO[C@@H]2CN(C(=O)c3csnn3)C[C@H]12. The number of likely N-dealkylation sites (tertiary alicyclic amines) is 1. The van der Waals surface area contributed by atoms with Crippen LogP contribution in [0.1, 0.15) is 23.3 Å². The molecule has 4 rings (SSSR count). The van der Waals surface area contributed by atoms with Crippen molar-refractivity contribution in [1.29, 1.82) is 0 Å². The highest BCUT2D eigenvalue weighted by atomic mass is 32.1. The minimum atomic E-state index is -0.236. The minimum Gasteiger partial charge on any atom is -0.389 e. The molecule has 1 saturated carbocycles. The Kier molecular flexibility index (Phi) is 2.88. The van der Waals surface area contributed by atoms with Crippen molar-refractivity contribution in [2.75, 3.05) is 13.1 Å². The molecule has 0 spiro atoms. The van der Waals surface area contributed by atoms with Crippen LogP contribution in [0.2, 0.25) is 0 Å². The van der Waals surface area contributed by atoms with E-state index in [2.05, 4.69) is 20.1 Å². The van der Waals surface area contributed by atoms with E-state index in [1.807, 2.05) is 0 Å². The summed E-state index contributed by atoms with van der Waals surface area (Å²) in [5.74, 6) is -0.502. The predicted octanol–water partition coefficient (Wildman–Crippen LogP) is -0.357. The van der Waals surface area contributed by atoms with Crippen LogP contribution in [-0.2, 0) is 9.63 Å². The van der Waals surface area contributed by atoms with E-state index in [0.717, 1.165) is 24.4 Å². The molecule has 3 aliphatic rings. The number of amides is 2. The first-order chi connectivity index (χ1) is 10.2.